The lowest BCUT2D eigenvalue weighted by atomic mass is 9.99. The first-order valence-corrected chi connectivity index (χ1v) is 19.5. The van der Waals surface area contributed by atoms with Crippen molar-refractivity contribution in [1.29, 1.82) is 0 Å². The van der Waals surface area contributed by atoms with Gasteiger partial charge < -0.3 is 8.98 Å². The van der Waals surface area contributed by atoms with Gasteiger partial charge >= 0.3 is 0 Å². The summed E-state index contributed by atoms with van der Waals surface area (Å²) in [5, 5.41) is 9.27. The van der Waals surface area contributed by atoms with Crippen LogP contribution in [0.15, 0.2) is 199 Å². The second-order valence-corrected chi connectivity index (χ2v) is 14.8. The zero-order chi connectivity index (χ0) is 38.2. The van der Waals surface area contributed by atoms with Crippen molar-refractivity contribution in [3.8, 4) is 51.0 Å². The fourth-order valence-corrected chi connectivity index (χ4v) is 8.82. The van der Waals surface area contributed by atoms with E-state index in [-0.39, 0.29) is 0 Å². The predicted molar refractivity (Wildman–Crippen MR) is 238 cm³/mol. The average Bonchev–Trinajstić information content (AvgIpc) is 3.86. The average molecular weight is 741 g/mol. The van der Waals surface area contributed by atoms with Gasteiger partial charge in [0.05, 0.1) is 22.1 Å². The SMILES string of the molecule is c1ccc(-c2cc(-n3c4ccc5ccccc5c4c4c5ccccc5ccc43)c3c(c2)oc2cccc(-c4nc(-c5ccccc5)nc(-c5ccccc5)n4)c23)cc1. The molecule has 0 aliphatic heterocycles. The van der Waals surface area contributed by atoms with Gasteiger partial charge in [0.25, 0.3) is 0 Å². The Morgan fingerprint density at radius 1 is 0.345 bits per heavy atom. The molecule has 5 heteroatoms. The summed E-state index contributed by atoms with van der Waals surface area (Å²) in [6, 6.07) is 67.9. The van der Waals surface area contributed by atoms with E-state index in [2.05, 4.69) is 132 Å². The first-order valence-electron chi connectivity index (χ1n) is 19.5. The number of rotatable bonds is 5. The second kappa shape index (κ2) is 12.8. The normalized spacial score (nSPS) is 11.8. The highest BCUT2D eigenvalue weighted by molar-refractivity contribution is 6.29. The Kier molecular flexibility index (Phi) is 7.16. The van der Waals surface area contributed by atoms with Crippen LogP contribution in [-0.4, -0.2) is 19.5 Å². The summed E-state index contributed by atoms with van der Waals surface area (Å²) >= 11 is 0. The topological polar surface area (TPSA) is 56.7 Å². The molecule has 12 aromatic rings. The standard InChI is InChI=1S/C53H32N4O/c1-4-15-33(16-5-1)38-31-44(57-42-29-27-34-17-10-12-23-39(34)47(42)48-40-24-13-11-18-35(40)28-30-43(48)57)50-46(32-38)58-45-26-14-25-41(49(45)50)53-55-51(36-19-6-2-7-20-36)54-52(56-53)37-21-8-3-9-22-37/h1-32H. The molecule has 0 unspecified atom stereocenters. The third-order valence-electron chi connectivity index (χ3n) is 11.4. The van der Waals surface area contributed by atoms with Crippen LogP contribution in [0.5, 0.6) is 0 Å². The predicted octanol–water partition coefficient (Wildman–Crippen LogP) is 13.8. The Morgan fingerprint density at radius 3 is 1.45 bits per heavy atom. The molecular formula is C53H32N4O. The minimum atomic E-state index is 0.582. The molecule has 0 atom stereocenters. The molecule has 270 valence electrons. The lowest BCUT2D eigenvalue weighted by Gasteiger charge is -2.14. The molecule has 0 spiro atoms. The van der Waals surface area contributed by atoms with E-state index in [9.17, 15) is 0 Å². The molecule has 3 aromatic heterocycles. The van der Waals surface area contributed by atoms with Gasteiger partial charge in [-0.1, -0.05) is 164 Å². The molecular weight excluding hydrogens is 709 g/mol. The number of furan rings is 1. The van der Waals surface area contributed by atoms with Crippen molar-refractivity contribution < 1.29 is 4.42 Å². The van der Waals surface area contributed by atoms with E-state index < -0.39 is 0 Å². The first kappa shape index (κ1) is 32.4. The highest BCUT2D eigenvalue weighted by Crippen LogP contribution is 2.46. The molecule has 0 radical (unpaired) electrons. The molecule has 12 rings (SSSR count). The van der Waals surface area contributed by atoms with Crippen LogP contribution in [0.2, 0.25) is 0 Å². The summed E-state index contributed by atoms with van der Waals surface area (Å²) in [7, 11) is 0. The van der Waals surface area contributed by atoms with E-state index in [0.29, 0.717) is 17.5 Å². The fourth-order valence-electron chi connectivity index (χ4n) is 8.82. The van der Waals surface area contributed by atoms with Crippen LogP contribution in [0.25, 0.3) is 116 Å². The van der Waals surface area contributed by atoms with Gasteiger partial charge in [-0.3, -0.25) is 0 Å². The smallest absolute Gasteiger partial charge is 0.164 e. The van der Waals surface area contributed by atoms with Gasteiger partial charge in [0.15, 0.2) is 17.5 Å². The third kappa shape index (κ3) is 5.00. The maximum Gasteiger partial charge on any atom is 0.164 e. The molecule has 0 saturated heterocycles. The number of nitrogens with zero attached hydrogens (tertiary/aromatic N) is 4. The van der Waals surface area contributed by atoms with Gasteiger partial charge in [-0.15, -0.1) is 0 Å². The molecule has 0 amide bonds. The van der Waals surface area contributed by atoms with Gasteiger partial charge in [0.1, 0.15) is 11.2 Å². The van der Waals surface area contributed by atoms with Crippen molar-refractivity contribution in [3.63, 3.8) is 0 Å². The quantitative estimate of drug-likeness (QED) is 0.176. The Morgan fingerprint density at radius 2 is 0.862 bits per heavy atom. The van der Waals surface area contributed by atoms with Crippen LogP contribution in [0.4, 0.5) is 0 Å². The van der Waals surface area contributed by atoms with Crippen LogP contribution in [0.3, 0.4) is 0 Å². The molecule has 5 nitrogen and oxygen atoms in total. The maximum absolute atomic E-state index is 6.93. The van der Waals surface area contributed by atoms with Crippen LogP contribution >= 0.6 is 0 Å². The fraction of sp³-hybridized carbons (Fsp3) is 0. The van der Waals surface area contributed by atoms with E-state index in [1.807, 2.05) is 66.7 Å². The summed E-state index contributed by atoms with van der Waals surface area (Å²) in [6.45, 7) is 0. The third-order valence-corrected chi connectivity index (χ3v) is 11.4. The maximum atomic E-state index is 6.93. The number of benzene rings is 9. The van der Waals surface area contributed by atoms with Gasteiger partial charge in [-0.25, -0.2) is 15.0 Å². The molecule has 3 heterocycles. The zero-order valence-electron chi connectivity index (χ0n) is 31.2. The van der Waals surface area contributed by atoms with Crippen LogP contribution < -0.4 is 0 Å². The summed E-state index contributed by atoms with van der Waals surface area (Å²) in [4.78, 5) is 15.4. The highest BCUT2D eigenvalue weighted by Gasteiger charge is 2.24. The van der Waals surface area contributed by atoms with Crippen LogP contribution in [-0.2, 0) is 0 Å². The Labute approximate surface area is 333 Å². The highest BCUT2D eigenvalue weighted by atomic mass is 16.3. The Hall–Kier alpha value is -7.89. The van der Waals surface area contributed by atoms with E-state index in [0.717, 1.165) is 66.5 Å². The van der Waals surface area contributed by atoms with Crippen molar-refractivity contribution in [2.24, 2.45) is 0 Å². The Balaban J connectivity index is 1.24. The lowest BCUT2D eigenvalue weighted by Crippen LogP contribution is -2.00. The van der Waals surface area contributed by atoms with Gasteiger partial charge in [0.2, 0.25) is 0 Å². The minimum absolute atomic E-state index is 0.582. The van der Waals surface area contributed by atoms with E-state index >= 15 is 0 Å². The molecule has 0 saturated carbocycles. The summed E-state index contributed by atoms with van der Waals surface area (Å²) < 4.78 is 9.37. The van der Waals surface area contributed by atoms with Crippen molar-refractivity contribution in [2.75, 3.05) is 0 Å². The zero-order valence-corrected chi connectivity index (χ0v) is 31.2. The van der Waals surface area contributed by atoms with E-state index in [4.69, 9.17) is 19.4 Å². The number of aromatic nitrogens is 4. The number of hydrogen-bond acceptors (Lipinski definition) is 4. The largest absolute Gasteiger partial charge is 0.456 e. The van der Waals surface area contributed by atoms with Gasteiger partial charge in [-0.2, -0.15) is 0 Å². The van der Waals surface area contributed by atoms with E-state index in [1.165, 1.54) is 32.3 Å². The van der Waals surface area contributed by atoms with Crippen molar-refractivity contribution in [2.45, 2.75) is 0 Å². The Bertz CT molecular complexity index is 3400. The van der Waals surface area contributed by atoms with Crippen LogP contribution in [0, 0.1) is 0 Å². The summed E-state index contributed by atoms with van der Waals surface area (Å²) in [6.07, 6.45) is 0. The first-order chi connectivity index (χ1) is 28.8. The summed E-state index contributed by atoms with van der Waals surface area (Å²) in [5.41, 5.74) is 9.72. The van der Waals surface area contributed by atoms with Gasteiger partial charge in [-0.05, 0) is 63.0 Å². The van der Waals surface area contributed by atoms with E-state index in [1.54, 1.807) is 0 Å². The molecule has 0 bridgehead atoms. The van der Waals surface area contributed by atoms with Crippen molar-refractivity contribution >= 4 is 65.3 Å². The van der Waals surface area contributed by atoms with Crippen molar-refractivity contribution in [1.82, 2.24) is 19.5 Å². The summed E-state index contributed by atoms with van der Waals surface area (Å²) in [5.74, 6) is 1.81. The number of fused-ring (bicyclic) bond motifs is 10. The molecule has 0 aliphatic rings. The second-order valence-electron chi connectivity index (χ2n) is 14.8. The molecule has 0 N–H and O–H groups in total. The number of hydrogen-bond donors (Lipinski definition) is 0. The molecule has 0 fully saturated rings. The molecule has 9 aromatic carbocycles. The van der Waals surface area contributed by atoms with Gasteiger partial charge in [0, 0.05) is 32.8 Å². The minimum Gasteiger partial charge on any atom is -0.456 e. The molecule has 58 heavy (non-hydrogen) atoms. The monoisotopic (exact) mass is 740 g/mol. The lowest BCUT2D eigenvalue weighted by molar-refractivity contribution is 0.669. The van der Waals surface area contributed by atoms with Crippen LogP contribution in [0.1, 0.15) is 0 Å². The van der Waals surface area contributed by atoms with Crippen molar-refractivity contribution in [3.05, 3.63) is 194 Å². The molecule has 0 aliphatic carbocycles.